The number of amides is 1. The van der Waals surface area contributed by atoms with Crippen LogP contribution in [0.1, 0.15) is 34.9 Å². The number of halogens is 1. The second-order valence-corrected chi connectivity index (χ2v) is 7.68. The van der Waals surface area contributed by atoms with E-state index in [1.165, 1.54) is 0 Å². The first-order chi connectivity index (χ1) is 13.7. The van der Waals surface area contributed by atoms with E-state index in [1.807, 2.05) is 29.2 Å². The van der Waals surface area contributed by atoms with Gasteiger partial charge in [0.2, 0.25) is 0 Å². The lowest BCUT2D eigenvalue weighted by atomic mass is 10.1. The van der Waals surface area contributed by atoms with Crippen molar-refractivity contribution in [2.24, 2.45) is 0 Å². The predicted molar refractivity (Wildman–Crippen MR) is 116 cm³/mol. The van der Waals surface area contributed by atoms with Gasteiger partial charge in [-0.2, -0.15) is 5.10 Å². The van der Waals surface area contributed by atoms with Crippen LogP contribution in [0, 0.1) is 0 Å². The summed E-state index contributed by atoms with van der Waals surface area (Å²) in [4.78, 5) is 21.6. The van der Waals surface area contributed by atoms with Gasteiger partial charge in [0.15, 0.2) is 0 Å². The molecule has 1 amide bonds. The van der Waals surface area contributed by atoms with Crippen LogP contribution in [0.4, 0.5) is 5.82 Å². The van der Waals surface area contributed by atoms with Crippen molar-refractivity contribution in [3.05, 3.63) is 41.9 Å². The molecule has 2 aliphatic heterocycles. The summed E-state index contributed by atoms with van der Waals surface area (Å²) < 4.78 is 1.91. The lowest BCUT2D eigenvalue weighted by Crippen LogP contribution is -2.44. The number of carbonyl (C=O) groups excluding carboxylic acids is 1. The van der Waals surface area contributed by atoms with Crippen LogP contribution in [0.3, 0.4) is 0 Å². The van der Waals surface area contributed by atoms with Gasteiger partial charge in [0.05, 0.1) is 6.04 Å². The number of rotatable bonds is 5. The van der Waals surface area contributed by atoms with Crippen molar-refractivity contribution in [1.29, 1.82) is 0 Å². The molecule has 4 heterocycles. The molecule has 0 spiro atoms. The van der Waals surface area contributed by atoms with E-state index in [0.29, 0.717) is 18.3 Å². The van der Waals surface area contributed by atoms with E-state index >= 15 is 0 Å². The van der Waals surface area contributed by atoms with Gasteiger partial charge in [0, 0.05) is 51.7 Å². The molecule has 2 aromatic heterocycles. The van der Waals surface area contributed by atoms with Crippen LogP contribution in [0.2, 0.25) is 0 Å². The Bertz CT molecular complexity index is 780. The molecule has 2 aromatic rings. The molecule has 1 atom stereocenters. The highest BCUT2D eigenvalue weighted by Crippen LogP contribution is 2.16. The van der Waals surface area contributed by atoms with Gasteiger partial charge in [-0.1, -0.05) is 6.07 Å². The van der Waals surface area contributed by atoms with Crippen molar-refractivity contribution in [3.63, 3.8) is 0 Å². The van der Waals surface area contributed by atoms with Crippen molar-refractivity contribution >= 4 is 24.1 Å². The molecule has 158 valence electrons. The highest BCUT2D eigenvalue weighted by atomic mass is 35.5. The van der Waals surface area contributed by atoms with Gasteiger partial charge in [0.1, 0.15) is 11.5 Å². The number of carbonyl (C=O) groups is 1. The van der Waals surface area contributed by atoms with Gasteiger partial charge in [-0.15, -0.1) is 12.4 Å². The number of nitrogens with zero attached hydrogens (tertiary/aromatic N) is 5. The second-order valence-electron chi connectivity index (χ2n) is 7.68. The first kappa shape index (κ1) is 21.5. The zero-order chi connectivity index (χ0) is 19.3. The van der Waals surface area contributed by atoms with Gasteiger partial charge < -0.3 is 20.4 Å². The molecular weight excluding hydrogens is 390 g/mol. The van der Waals surface area contributed by atoms with Crippen LogP contribution in [0.5, 0.6) is 0 Å². The molecule has 29 heavy (non-hydrogen) atoms. The van der Waals surface area contributed by atoms with Crippen LogP contribution in [-0.2, 0) is 6.54 Å². The number of nitrogens with one attached hydrogen (secondary N) is 2. The first-order valence-electron chi connectivity index (χ1n) is 10.1. The topological polar surface area (TPSA) is 78.3 Å². The van der Waals surface area contributed by atoms with Crippen molar-refractivity contribution in [2.75, 3.05) is 51.2 Å². The van der Waals surface area contributed by atoms with E-state index in [0.717, 1.165) is 63.5 Å². The maximum Gasteiger partial charge on any atom is 0.272 e. The molecule has 4 rings (SSSR count). The smallest absolute Gasteiger partial charge is 0.272 e. The van der Waals surface area contributed by atoms with Crippen molar-refractivity contribution < 1.29 is 4.79 Å². The van der Waals surface area contributed by atoms with E-state index < -0.39 is 0 Å². The van der Waals surface area contributed by atoms with Crippen LogP contribution in [-0.4, -0.2) is 71.9 Å². The lowest BCUT2D eigenvalue weighted by molar-refractivity contribution is 0.0944. The minimum Gasteiger partial charge on any atom is -0.354 e. The Kier molecular flexibility index (Phi) is 7.46. The summed E-state index contributed by atoms with van der Waals surface area (Å²) in [6.07, 6.45) is 5.99. The summed E-state index contributed by atoms with van der Waals surface area (Å²) >= 11 is 0. The molecule has 2 fully saturated rings. The molecule has 0 aromatic carbocycles. The molecular formula is C20H30ClN7O. The van der Waals surface area contributed by atoms with Gasteiger partial charge in [-0.3, -0.25) is 9.48 Å². The van der Waals surface area contributed by atoms with E-state index in [2.05, 4.69) is 37.6 Å². The number of pyridine rings is 1. The van der Waals surface area contributed by atoms with E-state index in [9.17, 15) is 4.79 Å². The van der Waals surface area contributed by atoms with E-state index in [-0.39, 0.29) is 18.3 Å². The largest absolute Gasteiger partial charge is 0.354 e. The molecule has 2 N–H and O–H groups in total. The van der Waals surface area contributed by atoms with Crippen molar-refractivity contribution in [3.8, 4) is 0 Å². The third kappa shape index (κ3) is 5.46. The van der Waals surface area contributed by atoms with Crippen LogP contribution < -0.4 is 15.5 Å². The summed E-state index contributed by atoms with van der Waals surface area (Å²) in [5, 5.41) is 10.8. The molecule has 0 aliphatic carbocycles. The Morgan fingerprint density at radius 1 is 1.24 bits per heavy atom. The third-order valence-corrected chi connectivity index (χ3v) is 5.58. The SMILES string of the molecule is CN1CCN(c2ccc(CNC(=O)c3ccn(C4CCCNC4)n3)cn2)CC1.Cl. The van der Waals surface area contributed by atoms with Gasteiger partial charge in [-0.05, 0) is 44.1 Å². The zero-order valence-electron chi connectivity index (χ0n) is 16.9. The monoisotopic (exact) mass is 419 g/mol. The fraction of sp³-hybridized carbons (Fsp3) is 0.550. The van der Waals surface area contributed by atoms with E-state index in [4.69, 9.17) is 0 Å². The van der Waals surface area contributed by atoms with Crippen molar-refractivity contribution in [2.45, 2.75) is 25.4 Å². The molecule has 2 saturated heterocycles. The predicted octanol–water partition coefficient (Wildman–Crippen LogP) is 1.31. The van der Waals surface area contributed by atoms with Crippen LogP contribution >= 0.6 is 12.4 Å². The lowest BCUT2D eigenvalue weighted by Gasteiger charge is -2.33. The summed E-state index contributed by atoms with van der Waals surface area (Å²) in [5.41, 5.74) is 1.45. The molecule has 0 saturated carbocycles. The number of piperazine rings is 1. The van der Waals surface area contributed by atoms with Gasteiger partial charge >= 0.3 is 0 Å². The van der Waals surface area contributed by atoms with E-state index in [1.54, 1.807) is 6.07 Å². The fourth-order valence-electron chi connectivity index (χ4n) is 3.74. The Labute approximate surface area is 178 Å². The highest BCUT2D eigenvalue weighted by Gasteiger charge is 2.18. The standard InChI is InChI=1S/C20H29N7O.ClH/c1-25-9-11-26(12-10-25)19-5-4-16(13-22-19)14-23-20(28)18-6-8-27(24-18)17-3-2-7-21-15-17;/h4-6,8,13,17,21H,2-3,7,9-12,14-15H2,1H3,(H,23,28);1H. The quantitative estimate of drug-likeness (QED) is 0.760. The molecule has 8 nitrogen and oxygen atoms in total. The number of piperidine rings is 1. The maximum absolute atomic E-state index is 12.4. The summed E-state index contributed by atoms with van der Waals surface area (Å²) in [5.74, 6) is 0.855. The number of hydrogen-bond acceptors (Lipinski definition) is 6. The van der Waals surface area contributed by atoms with Crippen LogP contribution in [0.25, 0.3) is 0 Å². The summed E-state index contributed by atoms with van der Waals surface area (Å²) in [6, 6.07) is 6.20. The average Bonchev–Trinajstić information content (AvgIpc) is 3.24. The summed E-state index contributed by atoms with van der Waals surface area (Å²) in [7, 11) is 2.14. The molecule has 0 radical (unpaired) electrons. The normalized spacial score (nSPS) is 20.2. The summed E-state index contributed by atoms with van der Waals surface area (Å²) in [6.45, 7) is 6.54. The third-order valence-electron chi connectivity index (χ3n) is 5.58. The first-order valence-corrected chi connectivity index (χ1v) is 10.1. The highest BCUT2D eigenvalue weighted by molar-refractivity contribution is 5.92. The molecule has 9 heteroatoms. The Balaban J connectivity index is 0.00000240. The fourth-order valence-corrected chi connectivity index (χ4v) is 3.74. The zero-order valence-corrected chi connectivity index (χ0v) is 17.7. The Hall–Kier alpha value is -2.16. The average molecular weight is 420 g/mol. The maximum atomic E-state index is 12.4. The van der Waals surface area contributed by atoms with Crippen molar-refractivity contribution in [1.82, 2.24) is 30.3 Å². The Morgan fingerprint density at radius 2 is 2.07 bits per heavy atom. The minimum absolute atomic E-state index is 0. The Morgan fingerprint density at radius 3 is 2.76 bits per heavy atom. The van der Waals surface area contributed by atoms with Gasteiger partial charge in [0.25, 0.3) is 5.91 Å². The molecule has 0 bridgehead atoms. The number of anilines is 1. The molecule has 2 aliphatic rings. The minimum atomic E-state index is -0.148. The molecule has 1 unspecified atom stereocenters. The second kappa shape index (κ2) is 10.0. The number of aromatic nitrogens is 3. The number of hydrogen-bond donors (Lipinski definition) is 2. The van der Waals surface area contributed by atoms with Crippen LogP contribution in [0.15, 0.2) is 30.6 Å². The number of likely N-dealkylation sites (N-methyl/N-ethyl adjacent to an activating group) is 1. The van der Waals surface area contributed by atoms with Gasteiger partial charge in [-0.25, -0.2) is 4.98 Å².